The first-order chi connectivity index (χ1) is 9.52. The number of hydrogen-bond acceptors (Lipinski definition) is 1. The van der Waals surface area contributed by atoms with Crippen LogP contribution in [0.15, 0.2) is 24.3 Å². The molecule has 0 heterocycles. The van der Waals surface area contributed by atoms with Gasteiger partial charge < -0.3 is 5.32 Å². The maximum absolute atomic E-state index is 12.6. The fourth-order valence-electron chi connectivity index (χ4n) is 3.10. The zero-order chi connectivity index (χ0) is 14.6. The summed E-state index contributed by atoms with van der Waals surface area (Å²) in [6.07, 6.45) is 0.296. The molecule has 1 aromatic carbocycles. The standard InChI is InChI=1S/C16H22F3N/c1-2-10-20-11-13-4-3-5-15(13)12-6-8-14(9-7-12)16(17,18)19/h6-9,13,15,20H,2-5,10-11H2,1H3. The van der Waals surface area contributed by atoms with Gasteiger partial charge in [-0.1, -0.05) is 25.5 Å². The van der Waals surface area contributed by atoms with Crippen molar-refractivity contribution in [3.8, 4) is 0 Å². The number of halogens is 3. The average molecular weight is 285 g/mol. The van der Waals surface area contributed by atoms with Crippen molar-refractivity contribution < 1.29 is 13.2 Å². The second-order valence-corrected chi connectivity index (χ2v) is 5.62. The van der Waals surface area contributed by atoms with Crippen LogP contribution in [0.25, 0.3) is 0 Å². The van der Waals surface area contributed by atoms with Crippen LogP contribution >= 0.6 is 0 Å². The largest absolute Gasteiger partial charge is 0.416 e. The molecule has 0 spiro atoms. The lowest BCUT2D eigenvalue weighted by Crippen LogP contribution is -2.25. The van der Waals surface area contributed by atoms with Crippen molar-refractivity contribution in [2.75, 3.05) is 13.1 Å². The van der Waals surface area contributed by atoms with Crippen molar-refractivity contribution in [3.63, 3.8) is 0 Å². The predicted molar refractivity (Wildman–Crippen MR) is 74.7 cm³/mol. The highest BCUT2D eigenvalue weighted by Crippen LogP contribution is 2.40. The Morgan fingerprint density at radius 2 is 1.85 bits per heavy atom. The van der Waals surface area contributed by atoms with E-state index >= 15 is 0 Å². The molecule has 112 valence electrons. The Kier molecular flexibility index (Phi) is 5.08. The molecule has 4 heteroatoms. The molecule has 0 saturated heterocycles. The molecule has 2 unspecified atom stereocenters. The van der Waals surface area contributed by atoms with E-state index in [9.17, 15) is 13.2 Å². The molecule has 1 nitrogen and oxygen atoms in total. The van der Waals surface area contributed by atoms with Crippen LogP contribution in [0.5, 0.6) is 0 Å². The Bertz CT molecular complexity index is 411. The van der Waals surface area contributed by atoms with E-state index in [2.05, 4.69) is 12.2 Å². The van der Waals surface area contributed by atoms with Crippen molar-refractivity contribution in [1.82, 2.24) is 5.32 Å². The van der Waals surface area contributed by atoms with Crippen LogP contribution in [-0.4, -0.2) is 13.1 Å². The zero-order valence-electron chi connectivity index (χ0n) is 11.8. The Hall–Kier alpha value is -1.03. The van der Waals surface area contributed by atoms with Crippen LogP contribution in [0.2, 0.25) is 0 Å². The van der Waals surface area contributed by atoms with Gasteiger partial charge in [-0.15, -0.1) is 0 Å². The molecule has 2 rings (SSSR count). The second kappa shape index (κ2) is 6.61. The number of rotatable bonds is 5. The van der Waals surface area contributed by atoms with E-state index in [1.807, 2.05) is 0 Å². The fraction of sp³-hybridized carbons (Fsp3) is 0.625. The van der Waals surface area contributed by atoms with E-state index in [0.29, 0.717) is 11.8 Å². The predicted octanol–water partition coefficient (Wildman–Crippen LogP) is 4.59. The minimum absolute atomic E-state index is 0.404. The minimum Gasteiger partial charge on any atom is -0.316 e. The highest BCUT2D eigenvalue weighted by atomic mass is 19.4. The van der Waals surface area contributed by atoms with Crippen molar-refractivity contribution in [3.05, 3.63) is 35.4 Å². The Labute approximate surface area is 118 Å². The van der Waals surface area contributed by atoms with Crippen LogP contribution in [0.4, 0.5) is 13.2 Å². The van der Waals surface area contributed by atoms with Gasteiger partial charge in [-0.25, -0.2) is 0 Å². The maximum Gasteiger partial charge on any atom is 0.416 e. The van der Waals surface area contributed by atoms with Gasteiger partial charge in [0.2, 0.25) is 0 Å². The van der Waals surface area contributed by atoms with Crippen LogP contribution in [0.3, 0.4) is 0 Å². The lowest BCUT2D eigenvalue weighted by atomic mass is 9.88. The topological polar surface area (TPSA) is 12.0 Å². The first-order valence-corrected chi connectivity index (χ1v) is 7.40. The van der Waals surface area contributed by atoms with Crippen LogP contribution in [0, 0.1) is 5.92 Å². The smallest absolute Gasteiger partial charge is 0.316 e. The molecule has 0 aromatic heterocycles. The molecular formula is C16H22F3N. The third kappa shape index (κ3) is 3.75. The van der Waals surface area contributed by atoms with Gasteiger partial charge in [-0.05, 0) is 61.9 Å². The van der Waals surface area contributed by atoms with Crippen molar-refractivity contribution in [2.24, 2.45) is 5.92 Å². The SMILES string of the molecule is CCCNCC1CCCC1c1ccc(C(F)(F)F)cc1. The summed E-state index contributed by atoms with van der Waals surface area (Å²) < 4.78 is 37.7. The van der Waals surface area contributed by atoms with E-state index < -0.39 is 11.7 Å². The lowest BCUT2D eigenvalue weighted by molar-refractivity contribution is -0.137. The molecule has 1 aliphatic rings. The van der Waals surface area contributed by atoms with E-state index in [4.69, 9.17) is 0 Å². The fourth-order valence-corrected chi connectivity index (χ4v) is 3.10. The lowest BCUT2D eigenvalue weighted by Gasteiger charge is -2.21. The van der Waals surface area contributed by atoms with Gasteiger partial charge in [0.15, 0.2) is 0 Å². The third-order valence-electron chi connectivity index (χ3n) is 4.16. The Morgan fingerprint density at radius 3 is 2.45 bits per heavy atom. The third-order valence-corrected chi connectivity index (χ3v) is 4.16. The number of nitrogens with one attached hydrogen (secondary N) is 1. The summed E-state index contributed by atoms with van der Waals surface area (Å²) in [6, 6.07) is 5.74. The molecular weight excluding hydrogens is 263 g/mol. The molecule has 1 N–H and O–H groups in total. The van der Waals surface area contributed by atoms with Gasteiger partial charge >= 0.3 is 6.18 Å². The van der Waals surface area contributed by atoms with E-state index in [1.165, 1.54) is 25.0 Å². The second-order valence-electron chi connectivity index (χ2n) is 5.62. The molecule has 0 radical (unpaired) electrons. The number of benzene rings is 1. The molecule has 20 heavy (non-hydrogen) atoms. The molecule has 1 fully saturated rings. The molecule has 1 aliphatic carbocycles. The number of alkyl halides is 3. The summed E-state index contributed by atoms with van der Waals surface area (Å²) >= 11 is 0. The van der Waals surface area contributed by atoms with Gasteiger partial charge in [-0.2, -0.15) is 13.2 Å². The Balaban J connectivity index is 2.02. The van der Waals surface area contributed by atoms with Gasteiger partial charge in [0.05, 0.1) is 5.56 Å². The average Bonchev–Trinajstić information content (AvgIpc) is 2.87. The molecule has 1 saturated carbocycles. The minimum atomic E-state index is -4.24. The molecule has 2 atom stereocenters. The van der Waals surface area contributed by atoms with Crippen molar-refractivity contribution in [1.29, 1.82) is 0 Å². The van der Waals surface area contributed by atoms with Crippen LogP contribution in [0.1, 0.15) is 49.7 Å². The van der Waals surface area contributed by atoms with Gasteiger partial charge in [0.1, 0.15) is 0 Å². The molecule has 0 amide bonds. The molecule has 0 bridgehead atoms. The number of hydrogen-bond donors (Lipinski definition) is 1. The highest BCUT2D eigenvalue weighted by molar-refractivity contribution is 5.28. The monoisotopic (exact) mass is 285 g/mol. The van der Waals surface area contributed by atoms with Crippen LogP contribution in [-0.2, 0) is 6.18 Å². The first-order valence-electron chi connectivity index (χ1n) is 7.40. The summed E-state index contributed by atoms with van der Waals surface area (Å²) in [5.41, 5.74) is 0.499. The van der Waals surface area contributed by atoms with Gasteiger partial charge in [0.25, 0.3) is 0 Å². The van der Waals surface area contributed by atoms with E-state index in [1.54, 1.807) is 12.1 Å². The highest BCUT2D eigenvalue weighted by Gasteiger charge is 2.32. The van der Waals surface area contributed by atoms with Crippen molar-refractivity contribution >= 4 is 0 Å². The normalized spacial score (nSPS) is 23.2. The maximum atomic E-state index is 12.6. The summed E-state index contributed by atoms with van der Waals surface area (Å²) in [6.45, 7) is 4.12. The zero-order valence-corrected chi connectivity index (χ0v) is 11.8. The summed E-state index contributed by atoms with van der Waals surface area (Å²) in [4.78, 5) is 0. The summed E-state index contributed by atoms with van der Waals surface area (Å²) in [7, 11) is 0. The first kappa shape index (κ1) is 15.4. The quantitative estimate of drug-likeness (QED) is 0.780. The molecule has 0 aliphatic heterocycles. The van der Waals surface area contributed by atoms with Crippen molar-refractivity contribution in [2.45, 2.75) is 44.7 Å². The Morgan fingerprint density at radius 1 is 1.15 bits per heavy atom. The van der Waals surface area contributed by atoms with E-state index in [0.717, 1.165) is 31.5 Å². The van der Waals surface area contributed by atoms with E-state index in [-0.39, 0.29) is 0 Å². The summed E-state index contributed by atoms with van der Waals surface area (Å²) in [5.74, 6) is 0.958. The van der Waals surface area contributed by atoms with Crippen LogP contribution < -0.4 is 5.32 Å². The van der Waals surface area contributed by atoms with Gasteiger partial charge in [0, 0.05) is 0 Å². The van der Waals surface area contributed by atoms with Gasteiger partial charge in [-0.3, -0.25) is 0 Å². The summed E-state index contributed by atoms with van der Waals surface area (Å²) in [5, 5.41) is 3.43. The molecule has 1 aromatic rings.